The summed E-state index contributed by atoms with van der Waals surface area (Å²) in [7, 11) is 5.38. The number of unbranched alkanes of at least 4 members (excludes halogenated alkanes) is 17. The lowest BCUT2D eigenvalue weighted by Crippen LogP contribution is -2.55. The molecule has 0 amide bonds. The van der Waals surface area contributed by atoms with Gasteiger partial charge in [-0.3, -0.25) is 9.59 Å². The lowest BCUT2D eigenvalue weighted by molar-refractivity contribution is -0.889. The summed E-state index contributed by atoms with van der Waals surface area (Å²) in [5.74, 6) is -1.83. The Morgan fingerprint density at radius 3 is 1.51 bits per heavy atom. The van der Waals surface area contributed by atoms with Crippen molar-refractivity contribution in [1.29, 1.82) is 0 Å². The zero-order valence-electron chi connectivity index (χ0n) is 38.4. The third-order valence-electron chi connectivity index (χ3n) is 10.1. The van der Waals surface area contributed by atoms with Crippen molar-refractivity contribution in [2.24, 2.45) is 0 Å². The quantitative estimate of drug-likeness (QED) is 0.0199. The van der Waals surface area contributed by atoms with Gasteiger partial charge in [0.25, 0.3) is 0 Å². The molecule has 0 N–H and O–H groups in total. The fraction of sp³-hybridized carbons (Fsp3) is 0.706. The van der Waals surface area contributed by atoms with E-state index in [-0.39, 0.29) is 55.5 Å². The Bertz CT molecular complexity index is 1190. The van der Waals surface area contributed by atoms with Crippen LogP contribution in [0, 0.1) is 0 Å². The third-order valence-corrected chi connectivity index (χ3v) is 10.1. The molecule has 0 saturated heterocycles. The van der Waals surface area contributed by atoms with Crippen LogP contribution >= 0.6 is 0 Å². The van der Waals surface area contributed by atoms with E-state index in [0.29, 0.717) is 6.42 Å². The number of carbonyl (C=O) groups is 3. The van der Waals surface area contributed by atoms with Crippen LogP contribution in [0.3, 0.4) is 0 Å². The summed E-state index contributed by atoms with van der Waals surface area (Å²) < 4.78 is 17.1. The van der Waals surface area contributed by atoms with E-state index >= 15 is 0 Å². The second kappa shape index (κ2) is 41.5. The summed E-state index contributed by atoms with van der Waals surface area (Å²) in [6.07, 6.45) is 52.2. The van der Waals surface area contributed by atoms with Crippen LogP contribution in [0.5, 0.6) is 0 Å². The van der Waals surface area contributed by atoms with E-state index in [4.69, 9.17) is 14.2 Å². The van der Waals surface area contributed by atoms with Gasteiger partial charge < -0.3 is 28.6 Å². The number of likely N-dealkylation sites (N-methyl/N-ethyl adjacent to an activating group) is 1. The standard InChI is InChI=1S/C51H87NO7/c1-6-8-10-12-14-16-18-20-22-24-26-28-30-32-34-36-38-40-42-50(54)59-47(45-57-44-43-48(51(55)56)52(3,4)5)46-58-49(53)41-39-37-35-33-31-29-27-25-23-21-19-17-15-13-11-9-7-2/h18,20-24,26-29,33,35,47-48H,6-17,19,25,30-32,34,36-46H2,1-5H3/b20-18+,23-21+,24-22+,28-26+,29-27+,35-33+. The molecular formula is C51H87NO7. The smallest absolute Gasteiger partial charge is 0.306 e. The Morgan fingerprint density at radius 1 is 0.525 bits per heavy atom. The number of hydrogen-bond acceptors (Lipinski definition) is 7. The van der Waals surface area contributed by atoms with Gasteiger partial charge in [0.05, 0.1) is 40.3 Å². The summed E-state index contributed by atoms with van der Waals surface area (Å²) >= 11 is 0. The van der Waals surface area contributed by atoms with Gasteiger partial charge in [0.1, 0.15) is 12.6 Å². The summed E-state index contributed by atoms with van der Waals surface area (Å²) in [5.41, 5.74) is 0. The van der Waals surface area contributed by atoms with E-state index in [0.717, 1.165) is 64.2 Å². The molecule has 0 aliphatic heterocycles. The van der Waals surface area contributed by atoms with Gasteiger partial charge in [0, 0.05) is 19.3 Å². The summed E-state index contributed by atoms with van der Waals surface area (Å²) in [5, 5.41) is 11.6. The first-order valence-corrected chi connectivity index (χ1v) is 23.5. The van der Waals surface area contributed by atoms with Gasteiger partial charge in [0.15, 0.2) is 6.10 Å². The van der Waals surface area contributed by atoms with Crippen LogP contribution in [0.4, 0.5) is 0 Å². The van der Waals surface area contributed by atoms with Crippen molar-refractivity contribution in [2.45, 2.75) is 193 Å². The average Bonchev–Trinajstić information content (AvgIpc) is 3.19. The van der Waals surface area contributed by atoms with Crippen LogP contribution in [-0.2, 0) is 28.6 Å². The Kier molecular flexibility index (Phi) is 39.2. The van der Waals surface area contributed by atoms with E-state index < -0.39 is 18.1 Å². The first-order chi connectivity index (χ1) is 28.6. The molecule has 338 valence electrons. The van der Waals surface area contributed by atoms with E-state index in [1.165, 1.54) is 77.0 Å². The Labute approximate surface area is 361 Å². The van der Waals surface area contributed by atoms with Crippen molar-refractivity contribution in [3.63, 3.8) is 0 Å². The second-order valence-electron chi connectivity index (χ2n) is 16.7. The minimum atomic E-state index is -1.14. The summed E-state index contributed by atoms with van der Waals surface area (Å²) in [6, 6.07) is -0.740. The molecule has 0 aliphatic rings. The normalized spacial score (nSPS) is 13.6. The Morgan fingerprint density at radius 2 is 0.983 bits per heavy atom. The van der Waals surface area contributed by atoms with Gasteiger partial charge in [0.2, 0.25) is 0 Å². The fourth-order valence-corrected chi connectivity index (χ4v) is 6.44. The first-order valence-electron chi connectivity index (χ1n) is 23.5. The first kappa shape index (κ1) is 55.8. The van der Waals surface area contributed by atoms with Crippen molar-refractivity contribution in [3.05, 3.63) is 72.9 Å². The van der Waals surface area contributed by atoms with Gasteiger partial charge >= 0.3 is 11.9 Å². The number of aliphatic carboxylic acids is 1. The van der Waals surface area contributed by atoms with Gasteiger partial charge in [-0.1, -0.05) is 164 Å². The van der Waals surface area contributed by atoms with Crippen molar-refractivity contribution in [2.75, 3.05) is 41.0 Å². The average molecular weight is 826 g/mol. The molecule has 0 aromatic heterocycles. The number of carboxylic acid groups (broad SMARTS) is 1. The molecule has 2 unspecified atom stereocenters. The highest BCUT2D eigenvalue weighted by atomic mass is 16.6. The maximum atomic E-state index is 12.7. The molecular weight excluding hydrogens is 739 g/mol. The molecule has 0 heterocycles. The second-order valence-corrected chi connectivity index (χ2v) is 16.7. The van der Waals surface area contributed by atoms with E-state index in [2.05, 4.69) is 86.8 Å². The number of carboxylic acids is 1. The molecule has 59 heavy (non-hydrogen) atoms. The minimum Gasteiger partial charge on any atom is -0.544 e. The maximum Gasteiger partial charge on any atom is 0.306 e. The molecule has 0 radical (unpaired) electrons. The van der Waals surface area contributed by atoms with Crippen molar-refractivity contribution < 1.29 is 38.2 Å². The highest BCUT2D eigenvalue weighted by molar-refractivity contribution is 5.70. The zero-order chi connectivity index (χ0) is 43.5. The van der Waals surface area contributed by atoms with Crippen molar-refractivity contribution in [1.82, 2.24) is 0 Å². The SMILES string of the molecule is CCCCCCC/C=C/C=C/C=C/CCCCCCCC(=O)OC(COCCC(C(=O)[O-])[N+](C)(C)C)COC(=O)CCC/C=C/C/C=C/C/C=C/CCCCCCCC. The number of ether oxygens (including phenoxy) is 3. The van der Waals surface area contributed by atoms with Gasteiger partial charge in [-0.15, -0.1) is 0 Å². The summed E-state index contributed by atoms with van der Waals surface area (Å²) in [6.45, 7) is 4.56. The number of allylic oxidation sites excluding steroid dienone is 12. The minimum absolute atomic E-state index is 0.0131. The number of nitrogens with zero attached hydrogens (tertiary/aromatic N) is 1. The molecule has 2 atom stereocenters. The summed E-state index contributed by atoms with van der Waals surface area (Å²) in [4.78, 5) is 36.9. The highest BCUT2D eigenvalue weighted by Crippen LogP contribution is 2.12. The van der Waals surface area contributed by atoms with Gasteiger partial charge in [-0.25, -0.2) is 0 Å². The van der Waals surface area contributed by atoms with Crippen molar-refractivity contribution in [3.8, 4) is 0 Å². The highest BCUT2D eigenvalue weighted by Gasteiger charge is 2.25. The fourth-order valence-electron chi connectivity index (χ4n) is 6.44. The number of carbonyl (C=O) groups excluding carboxylic acids is 3. The molecule has 0 fully saturated rings. The topological polar surface area (TPSA) is 102 Å². The predicted octanol–water partition coefficient (Wildman–Crippen LogP) is 11.8. The molecule has 0 bridgehead atoms. The largest absolute Gasteiger partial charge is 0.544 e. The Balaban J connectivity index is 4.45. The molecule has 8 nitrogen and oxygen atoms in total. The number of quaternary nitrogens is 1. The van der Waals surface area contributed by atoms with Crippen LogP contribution in [-0.4, -0.2) is 75.5 Å². The number of esters is 2. The molecule has 0 aliphatic carbocycles. The van der Waals surface area contributed by atoms with Crippen LogP contribution in [0.2, 0.25) is 0 Å². The van der Waals surface area contributed by atoms with Gasteiger partial charge in [-0.2, -0.15) is 0 Å². The predicted molar refractivity (Wildman–Crippen MR) is 245 cm³/mol. The lowest BCUT2D eigenvalue weighted by atomic mass is 10.1. The third kappa shape index (κ3) is 40.0. The van der Waals surface area contributed by atoms with Crippen LogP contribution < -0.4 is 5.11 Å². The lowest BCUT2D eigenvalue weighted by Gasteiger charge is -2.34. The molecule has 0 spiro atoms. The number of hydrogen-bond donors (Lipinski definition) is 0. The monoisotopic (exact) mass is 826 g/mol. The molecule has 0 saturated carbocycles. The van der Waals surface area contributed by atoms with Crippen LogP contribution in [0.15, 0.2) is 72.9 Å². The molecule has 8 heteroatoms. The van der Waals surface area contributed by atoms with E-state index in [1.54, 1.807) is 21.1 Å². The molecule has 0 rings (SSSR count). The maximum absolute atomic E-state index is 12.7. The molecule has 0 aromatic carbocycles. The molecule has 0 aromatic rings. The van der Waals surface area contributed by atoms with E-state index in [1.807, 2.05) is 0 Å². The van der Waals surface area contributed by atoms with Crippen LogP contribution in [0.1, 0.15) is 181 Å². The number of rotatable bonds is 41. The van der Waals surface area contributed by atoms with E-state index in [9.17, 15) is 19.5 Å². The van der Waals surface area contributed by atoms with Crippen LogP contribution in [0.25, 0.3) is 0 Å². The van der Waals surface area contributed by atoms with Crippen molar-refractivity contribution >= 4 is 17.9 Å². The Hall–Kier alpha value is -3.23. The van der Waals surface area contributed by atoms with Gasteiger partial charge in [-0.05, 0) is 70.6 Å². The zero-order valence-corrected chi connectivity index (χ0v) is 38.4.